The quantitative estimate of drug-likeness (QED) is 0.155. The van der Waals surface area contributed by atoms with Crippen LogP contribution in [0, 0.1) is 13.8 Å². The Morgan fingerprint density at radius 2 is 0.625 bits per heavy atom. The Labute approximate surface area is 326 Å². The van der Waals surface area contributed by atoms with E-state index < -0.39 is 0 Å². The van der Waals surface area contributed by atoms with E-state index in [9.17, 15) is 0 Å². The molecule has 9 rings (SSSR count). The molecule has 0 amide bonds. The van der Waals surface area contributed by atoms with E-state index in [1.807, 2.05) is 117 Å². The molecule has 9 aromatic rings. The van der Waals surface area contributed by atoms with Gasteiger partial charge < -0.3 is 0 Å². The normalized spacial score (nSPS) is 11.0. The maximum Gasteiger partial charge on any atom is 0.164 e. The van der Waals surface area contributed by atoms with Gasteiger partial charge in [-0.2, -0.15) is 0 Å². The number of pyridine rings is 1. The number of rotatable bonds is 8. The second-order valence-corrected chi connectivity index (χ2v) is 13.6. The first kappa shape index (κ1) is 34.3. The molecule has 6 aromatic carbocycles. The summed E-state index contributed by atoms with van der Waals surface area (Å²) in [5.74, 6) is 1.78. The summed E-state index contributed by atoms with van der Waals surface area (Å²) < 4.78 is 0. The molecule has 0 radical (unpaired) electrons. The van der Waals surface area contributed by atoms with Gasteiger partial charge in [0.25, 0.3) is 0 Å². The lowest BCUT2D eigenvalue weighted by molar-refractivity contribution is 1.07. The first-order valence-corrected chi connectivity index (χ1v) is 18.6. The molecule has 0 aliphatic carbocycles. The van der Waals surface area contributed by atoms with Crippen LogP contribution in [0.5, 0.6) is 0 Å². The van der Waals surface area contributed by atoms with E-state index in [0.29, 0.717) is 17.5 Å². The molecule has 0 N–H and O–H groups in total. The fourth-order valence-electron chi connectivity index (χ4n) is 6.97. The minimum absolute atomic E-state index is 0.581. The maximum atomic E-state index is 5.41. The molecule has 0 aliphatic heterocycles. The minimum atomic E-state index is 0.581. The zero-order chi connectivity index (χ0) is 37.8. The molecule has 6 nitrogen and oxygen atoms in total. The molecular formula is C50H36N6. The highest BCUT2D eigenvalue weighted by molar-refractivity contribution is 5.87. The second kappa shape index (κ2) is 15.1. The van der Waals surface area contributed by atoms with Crippen LogP contribution >= 0.6 is 0 Å². The average molecular weight is 721 g/mol. The zero-order valence-corrected chi connectivity index (χ0v) is 31.0. The molecule has 0 saturated carbocycles. The Morgan fingerprint density at radius 3 is 1.09 bits per heavy atom. The van der Waals surface area contributed by atoms with Crippen LogP contribution in [0.1, 0.15) is 11.4 Å². The number of aryl methyl sites for hydroxylation is 2. The first-order valence-electron chi connectivity index (χ1n) is 18.6. The molecule has 0 bridgehead atoms. The Balaban J connectivity index is 1.17. The van der Waals surface area contributed by atoms with Crippen LogP contribution in [0.15, 0.2) is 182 Å². The van der Waals surface area contributed by atoms with Crippen LogP contribution in [0.25, 0.3) is 90.3 Å². The number of nitrogens with zero attached hydrogens (tertiary/aromatic N) is 6. The van der Waals surface area contributed by atoms with Gasteiger partial charge in [0, 0.05) is 55.9 Å². The van der Waals surface area contributed by atoms with E-state index in [2.05, 4.69) is 78.9 Å². The Morgan fingerprint density at radius 1 is 0.268 bits per heavy atom. The van der Waals surface area contributed by atoms with Crippen molar-refractivity contribution in [3.63, 3.8) is 0 Å². The summed E-state index contributed by atoms with van der Waals surface area (Å²) in [5.41, 5.74) is 14.0. The number of hydrogen-bond donors (Lipinski definition) is 0. The van der Waals surface area contributed by atoms with E-state index >= 15 is 0 Å². The van der Waals surface area contributed by atoms with Gasteiger partial charge in [-0.15, -0.1) is 0 Å². The topological polar surface area (TPSA) is 77.3 Å². The fourth-order valence-corrected chi connectivity index (χ4v) is 6.97. The van der Waals surface area contributed by atoms with Crippen molar-refractivity contribution in [2.24, 2.45) is 0 Å². The van der Waals surface area contributed by atoms with Gasteiger partial charge in [-0.25, -0.2) is 24.9 Å². The Kier molecular flexibility index (Phi) is 9.27. The highest BCUT2D eigenvalue weighted by Crippen LogP contribution is 2.38. The van der Waals surface area contributed by atoms with Crippen molar-refractivity contribution < 1.29 is 0 Å². The summed E-state index contributed by atoms with van der Waals surface area (Å²) in [6.45, 7) is 4.05. The predicted molar refractivity (Wildman–Crippen MR) is 226 cm³/mol. The van der Waals surface area contributed by atoms with E-state index in [1.165, 1.54) is 0 Å². The van der Waals surface area contributed by atoms with Gasteiger partial charge in [-0.1, -0.05) is 170 Å². The molecule has 3 aromatic heterocycles. The van der Waals surface area contributed by atoms with Crippen molar-refractivity contribution in [3.05, 3.63) is 193 Å². The molecule has 0 saturated heterocycles. The molecular weight excluding hydrogens is 685 g/mol. The molecule has 0 spiro atoms. The van der Waals surface area contributed by atoms with Crippen LogP contribution in [0.3, 0.4) is 0 Å². The largest absolute Gasteiger partial charge is 0.258 e. The molecule has 266 valence electrons. The van der Waals surface area contributed by atoms with Gasteiger partial charge in [0.2, 0.25) is 0 Å². The highest BCUT2D eigenvalue weighted by atomic mass is 15.0. The molecule has 6 heteroatoms. The molecule has 0 unspecified atom stereocenters. The van der Waals surface area contributed by atoms with Crippen LogP contribution < -0.4 is 0 Å². The van der Waals surface area contributed by atoms with E-state index in [-0.39, 0.29) is 0 Å². The maximum absolute atomic E-state index is 5.41. The van der Waals surface area contributed by atoms with Gasteiger partial charge in [-0.05, 0) is 31.5 Å². The second-order valence-electron chi connectivity index (χ2n) is 13.6. The third-order valence-corrected chi connectivity index (χ3v) is 9.78. The van der Waals surface area contributed by atoms with Crippen molar-refractivity contribution in [1.82, 2.24) is 29.9 Å². The van der Waals surface area contributed by atoms with Crippen LogP contribution in [-0.4, -0.2) is 29.9 Å². The monoisotopic (exact) mass is 720 g/mol. The van der Waals surface area contributed by atoms with Gasteiger partial charge in [0.15, 0.2) is 17.5 Å². The van der Waals surface area contributed by atoms with Crippen molar-refractivity contribution >= 4 is 0 Å². The summed E-state index contributed by atoms with van der Waals surface area (Å²) in [5, 5.41) is 0. The van der Waals surface area contributed by atoms with Crippen LogP contribution in [0.4, 0.5) is 0 Å². The Hall–Kier alpha value is -7.44. The van der Waals surface area contributed by atoms with Crippen LogP contribution in [0.2, 0.25) is 0 Å². The lowest BCUT2D eigenvalue weighted by Gasteiger charge is -2.16. The molecule has 56 heavy (non-hydrogen) atoms. The van der Waals surface area contributed by atoms with Gasteiger partial charge in [0.1, 0.15) is 0 Å². The standard InChI is InChI=1S/C50H36N6/c1-33-26-31-43(34(2)51-33)41-24-15-25-42(32-41)50-55-48(39-22-13-6-14-23-39)54-49(56-50)40-29-27-38(28-30-40)47-46(37-20-11-5-12-21-37)52-44(35-16-7-3-8-17-35)45(53-47)36-18-9-4-10-19-36/h3-32H,1-2H3. The van der Waals surface area contributed by atoms with Crippen LogP contribution in [-0.2, 0) is 0 Å². The van der Waals surface area contributed by atoms with Crippen molar-refractivity contribution in [1.29, 1.82) is 0 Å². The third kappa shape index (κ3) is 6.99. The number of benzene rings is 6. The van der Waals surface area contributed by atoms with Gasteiger partial charge in [-0.3, -0.25) is 4.98 Å². The summed E-state index contributed by atoms with van der Waals surface area (Å²) >= 11 is 0. The molecule has 0 atom stereocenters. The molecule has 3 heterocycles. The lowest BCUT2D eigenvalue weighted by atomic mass is 9.99. The summed E-state index contributed by atoms with van der Waals surface area (Å²) in [6.07, 6.45) is 0. The first-order chi connectivity index (χ1) is 27.6. The van der Waals surface area contributed by atoms with E-state index in [1.54, 1.807) is 0 Å². The third-order valence-electron chi connectivity index (χ3n) is 9.78. The highest BCUT2D eigenvalue weighted by Gasteiger charge is 2.20. The van der Waals surface area contributed by atoms with Crippen molar-refractivity contribution in [3.8, 4) is 90.3 Å². The van der Waals surface area contributed by atoms with Crippen molar-refractivity contribution in [2.45, 2.75) is 13.8 Å². The van der Waals surface area contributed by atoms with Gasteiger partial charge in [0.05, 0.1) is 22.8 Å². The predicted octanol–water partition coefficient (Wildman–Crippen LogP) is 12.0. The SMILES string of the molecule is Cc1ccc(-c2cccc(-c3nc(-c4ccccc4)nc(-c4ccc(-c5nc(-c6ccccc6)c(-c6ccccc6)nc5-c5ccccc5)cc4)n3)c2)c(C)n1. The molecule has 0 aliphatic rings. The lowest BCUT2D eigenvalue weighted by Crippen LogP contribution is -2.01. The summed E-state index contributed by atoms with van der Waals surface area (Å²) in [7, 11) is 0. The van der Waals surface area contributed by atoms with E-state index in [0.717, 1.165) is 84.2 Å². The average Bonchev–Trinajstić information content (AvgIpc) is 3.27. The molecule has 0 fully saturated rings. The zero-order valence-electron chi connectivity index (χ0n) is 31.0. The number of hydrogen-bond acceptors (Lipinski definition) is 6. The Bertz CT molecular complexity index is 2790. The number of aromatic nitrogens is 6. The smallest absolute Gasteiger partial charge is 0.164 e. The van der Waals surface area contributed by atoms with Gasteiger partial charge >= 0.3 is 0 Å². The fraction of sp³-hybridized carbons (Fsp3) is 0.0400. The summed E-state index contributed by atoms with van der Waals surface area (Å²) in [6, 6.07) is 61.6. The van der Waals surface area contributed by atoms with Crippen molar-refractivity contribution in [2.75, 3.05) is 0 Å². The minimum Gasteiger partial charge on any atom is -0.258 e. The summed E-state index contributed by atoms with van der Waals surface area (Å²) in [4.78, 5) is 30.6. The van der Waals surface area contributed by atoms with E-state index in [4.69, 9.17) is 29.9 Å².